The number of nitrogen functional groups attached to an aromatic ring is 1. The summed E-state index contributed by atoms with van der Waals surface area (Å²) in [5.41, 5.74) is 9.31. The highest BCUT2D eigenvalue weighted by Gasteiger charge is 2.31. The van der Waals surface area contributed by atoms with Crippen molar-refractivity contribution in [2.24, 2.45) is 0 Å². The zero-order valence-electron chi connectivity index (χ0n) is 25.4. The molecule has 0 spiro atoms. The lowest BCUT2D eigenvalue weighted by Gasteiger charge is -2.34. The first-order valence-corrected chi connectivity index (χ1v) is 16.1. The number of piperidine rings is 1. The van der Waals surface area contributed by atoms with Gasteiger partial charge in [0.25, 0.3) is 5.91 Å². The first-order chi connectivity index (χ1) is 21.3. The molecule has 2 fully saturated rings. The molecule has 2 atom stereocenters. The van der Waals surface area contributed by atoms with Gasteiger partial charge in [0.1, 0.15) is 24.6 Å². The average Bonchev–Trinajstić information content (AvgIpc) is 3.71. The monoisotopic (exact) mass is 624 g/mol. The summed E-state index contributed by atoms with van der Waals surface area (Å²) in [5, 5.41) is 12.1. The predicted molar refractivity (Wildman–Crippen MR) is 167 cm³/mol. The van der Waals surface area contributed by atoms with E-state index in [1.807, 2.05) is 13.0 Å². The molecular weight excluding hydrogens is 584 g/mol. The number of anilines is 2. The SMILES string of the molecule is COC[C@@H](C)NC1CCC(Oc2nc(C)sc2C(=O)N[C@@H]2CCCN(c3cc(C4=CC(=O)OC4)n4ncnc(N)c34)C2)CC1. The normalized spacial score (nSPS) is 23.0. The van der Waals surface area contributed by atoms with Crippen LogP contribution in [0.25, 0.3) is 11.1 Å². The number of fused-ring (bicyclic) bond motifs is 1. The second-order valence-electron chi connectivity index (χ2n) is 11.8. The van der Waals surface area contributed by atoms with Crippen LogP contribution in [0, 0.1) is 6.92 Å². The first kappa shape index (κ1) is 30.3. The number of methoxy groups -OCH3 is 1. The van der Waals surface area contributed by atoms with Gasteiger partial charge in [0.15, 0.2) is 10.7 Å². The molecule has 1 aliphatic carbocycles. The minimum absolute atomic E-state index is 0.0321. The van der Waals surface area contributed by atoms with Crippen LogP contribution in [0.4, 0.5) is 11.5 Å². The summed E-state index contributed by atoms with van der Waals surface area (Å²) >= 11 is 1.36. The van der Waals surface area contributed by atoms with Gasteiger partial charge in [-0.15, -0.1) is 11.3 Å². The third-order valence-corrected chi connectivity index (χ3v) is 9.40. The molecule has 0 aromatic carbocycles. The van der Waals surface area contributed by atoms with Crippen LogP contribution in [0.3, 0.4) is 0 Å². The van der Waals surface area contributed by atoms with E-state index >= 15 is 0 Å². The highest BCUT2D eigenvalue weighted by molar-refractivity contribution is 7.13. The van der Waals surface area contributed by atoms with E-state index in [0.29, 0.717) is 47.3 Å². The van der Waals surface area contributed by atoms with Gasteiger partial charge >= 0.3 is 5.97 Å². The quantitative estimate of drug-likeness (QED) is 0.285. The first-order valence-electron chi connectivity index (χ1n) is 15.2. The molecule has 0 unspecified atom stereocenters. The molecule has 44 heavy (non-hydrogen) atoms. The summed E-state index contributed by atoms with van der Waals surface area (Å²) in [6.07, 6.45) is 8.45. The highest BCUT2D eigenvalue weighted by Crippen LogP contribution is 2.35. The number of esters is 1. The fraction of sp³-hybridized carbons (Fsp3) is 0.567. The Kier molecular flexibility index (Phi) is 9.01. The van der Waals surface area contributed by atoms with E-state index in [4.69, 9.17) is 19.9 Å². The molecule has 1 saturated carbocycles. The summed E-state index contributed by atoms with van der Waals surface area (Å²) in [6.45, 7) is 6.26. The maximum absolute atomic E-state index is 13.6. The Labute approximate surface area is 260 Å². The van der Waals surface area contributed by atoms with Crippen molar-refractivity contribution in [1.82, 2.24) is 30.2 Å². The van der Waals surface area contributed by atoms with Gasteiger partial charge in [-0.25, -0.2) is 19.3 Å². The molecule has 3 aromatic rings. The van der Waals surface area contributed by atoms with Crippen LogP contribution in [0.5, 0.6) is 5.88 Å². The van der Waals surface area contributed by atoms with Crippen molar-refractivity contribution in [1.29, 1.82) is 0 Å². The van der Waals surface area contributed by atoms with Crippen molar-refractivity contribution in [2.75, 3.05) is 44.0 Å². The number of amides is 1. The Morgan fingerprint density at radius 2 is 2.07 bits per heavy atom. The smallest absolute Gasteiger partial charge is 0.331 e. The third kappa shape index (κ3) is 6.52. The van der Waals surface area contributed by atoms with Crippen molar-refractivity contribution < 1.29 is 23.8 Å². The molecular formula is C30H40N8O5S. The van der Waals surface area contributed by atoms with Crippen LogP contribution >= 0.6 is 11.3 Å². The van der Waals surface area contributed by atoms with E-state index in [9.17, 15) is 9.59 Å². The lowest BCUT2D eigenvalue weighted by atomic mass is 9.92. The Morgan fingerprint density at radius 3 is 2.82 bits per heavy atom. The molecule has 1 amide bonds. The molecule has 1 saturated heterocycles. The summed E-state index contributed by atoms with van der Waals surface area (Å²) in [4.78, 5) is 36.9. The third-order valence-electron chi connectivity index (χ3n) is 8.45. The van der Waals surface area contributed by atoms with Gasteiger partial charge in [-0.05, 0) is 58.4 Å². The Morgan fingerprint density at radius 1 is 1.25 bits per heavy atom. The number of aromatic nitrogens is 4. The molecule has 0 bridgehead atoms. The number of hydrogen-bond donors (Lipinski definition) is 3. The number of hydrogen-bond acceptors (Lipinski definition) is 12. The molecule has 236 valence electrons. The zero-order valence-corrected chi connectivity index (χ0v) is 26.2. The number of aryl methyl sites for hydroxylation is 1. The van der Waals surface area contributed by atoms with Crippen molar-refractivity contribution in [3.63, 3.8) is 0 Å². The van der Waals surface area contributed by atoms with E-state index in [2.05, 4.69) is 37.5 Å². The lowest BCUT2D eigenvalue weighted by molar-refractivity contribution is -0.134. The van der Waals surface area contributed by atoms with Gasteiger partial charge in [-0.2, -0.15) is 5.10 Å². The average molecular weight is 625 g/mol. The molecule has 14 heteroatoms. The second kappa shape index (κ2) is 13.1. The standard InChI is InChI=1S/C30H40N8O5S/c1-17(14-41-3)34-20-6-8-22(9-7-20)43-30-27(44-18(2)35-30)29(40)36-21-5-4-10-37(13-21)24-12-23(19-11-25(39)42-15-19)38-26(24)28(31)32-16-33-38/h11-12,16-17,20-22,34H,4-10,13-15H2,1-3H3,(H,36,40)(H2,31,32,33)/t17-,20?,21-,22?/m1/s1. The molecule has 6 rings (SSSR count). The number of nitrogens with zero attached hydrogens (tertiary/aromatic N) is 5. The van der Waals surface area contributed by atoms with Crippen molar-refractivity contribution in [3.8, 4) is 5.88 Å². The molecule has 13 nitrogen and oxygen atoms in total. The molecule has 3 aliphatic rings. The van der Waals surface area contributed by atoms with Gasteiger partial charge in [0.2, 0.25) is 5.88 Å². The zero-order chi connectivity index (χ0) is 30.8. The van der Waals surface area contributed by atoms with Gasteiger partial charge in [0, 0.05) is 50.0 Å². The van der Waals surface area contributed by atoms with Crippen molar-refractivity contribution >= 4 is 45.8 Å². The highest BCUT2D eigenvalue weighted by atomic mass is 32.1. The van der Waals surface area contributed by atoms with E-state index < -0.39 is 0 Å². The van der Waals surface area contributed by atoms with Crippen molar-refractivity contribution in [3.05, 3.63) is 34.0 Å². The van der Waals surface area contributed by atoms with E-state index in [0.717, 1.165) is 67.0 Å². The second-order valence-corrected chi connectivity index (χ2v) is 13.0. The van der Waals surface area contributed by atoms with E-state index in [-0.39, 0.29) is 30.6 Å². The number of carbonyl (C=O) groups excluding carboxylic acids is 2. The van der Waals surface area contributed by atoms with Gasteiger partial charge in [-0.3, -0.25) is 4.79 Å². The maximum atomic E-state index is 13.6. The van der Waals surface area contributed by atoms with Crippen LogP contribution in [0.15, 0.2) is 18.5 Å². The number of carbonyl (C=O) groups is 2. The number of cyclic esters (lactones) is 1. The summed E-state index contributed by atoms with van der Waals surface area (Å²) in [5.74, 6) is 0.224. The van der Waals surface area contributed by atoms with Gasteiger partial charge in [0.05, 0.1) is 23.0 Å². The van der Waals surface area contributed by atoms with E-state index in [1.54, 1.807) is 11.6 Å². The topological polar surface area (TPSA) is 158 Å². The van der Waals surface area contributed by atoms with Crippen LogP contribution in [-0.4, -0.2) is 89.1 Å². The summed E-state index contributed by atoms with van der Waals surface area (Å²) < 4.78 is 18.4. The summed E-state index contributed by atoms with van der Waals surface area (Å²) in [6, 6.07) is 2.63. The van der Waals surface area contributed by atoms with Crippen LogP contribution in [-0.2, 0) is 14.3 Å². The van der Waals surface area contributed by atoms with Crippen LogP contribution < -0.4 is 26.0 Å². The number of nitrogens with two attached hydrogens (primary N) is 1. The largest absolute Gasteiger partial charge is 0.473 e. The molecule has 5 heterocycles. The van der Waals surface area contributed by atoms with Crippen molar-refractivity contribution in [2.45, 2.75) is 76.6 Å². The summed E-state index contributed by atoms with van der Waals surface area (Å²) in [7, 11) is 1.72. The lowest BCUT2D eigenvalue weighted by Crippen LogP contribution is -2.47. The fourth-order valence-electron chi connectivity index (χ4n) is 6.44. The Bertz CT molecular complexity index is 1550. The van der Waals surface area contributed by atoms with E-state index in [1.165, 1.54) is 23.7 Å². The number of nitrogens with one attached hydrogen (secondary N) is 2. The van der Waals surface area contributed by atoms with Crippen LogP contribution in [0.2, 0.25) is 0 Å². The minimum atomic E-state index is -0.377. The Hall–Kier alpha value is -3.75. The van der Waals surface area contributed by atoms with Gasteiger partial charge in [-0.1, -0.05) is 0 Å². The van der Waals surface area contributed by atoms with Gasteiger partial charge < -0.3 is 35.5 Å². The number of thiazole rings is 1. The molecule has 4 N–H and O–H groups in total. The Balaban J connectivity index is 1.12. The number of rotatable bonds is 10. The van der Waals surface area contributed by atoms with Crippen LogP contribution in [0.1, 0.15) is 65.8 Å². The molecule has 2 aliphatic heterocycles. The minimum Gasteiger partial charge on any atom is -0.473 e. The fourth-order valence-corrected chi connectivity index (χ4v) is 7.20. The molecule has 3 aromatic heterocycles. The number of ether oxygens (including phenoxy) is 3. The maximum Gasteiger partial charge on any atom is 0.331 e. The molecule has 0 radical (unpaired) electrons. The predicted octanol–water partition coefficient (Wildman–Crippen LogP) is 2.73.